The number of hydrogen-bond donors (Lipinski definition) is 1. The van der Waals surface area contributed by atoms with Crippen molar-refractivity contribution in [2.75, 3.05) is 13.7 Å². The molecule has 1 aromatic heterocycles. The second-order valence-corrected chi connectivity index (χ2v) is 5.93. The van der Waals surface area contributed by atoms with Crippen LogP contribution in [-0.2, 0) is 4.74 Å². The van der Waals surface area contributed by atoms with Crippen molar-refractivity contribution in [3.05, 3.63) is 54.2 Å². The fourth-order valence-corrected chi connectivity index (χ4v) is 2.57. The number of aromatic hydroxyl groups is 1. The molecule has 140 valence electrons. The van der Waals surface area contributed by atoms with E-state index in [1.165, 1.54) is 0 Å². The molecule has 0 amide bonds. The maximum absolute atomic E-state index is 12.4. The molecule has 0 bridgehead atoms. The third kappa shape index (κ3) is 4.11. The first-order chi connectivity index (χ1) is 13.1. The lowest BCUT2D eigenvalue weighted by molar-refractivity contribution is 0.0488. The molecule has 0 saturated carbocycles. The van der Waals surface area contributed by atoms with Crippen LogP contribution in [0.3, 0.4) is 0 Å². The fraction of sp³-hybridized carbons (Fsp3) is 0.238. The Balaban J connectivity index is 1.99. The van der Waals surface area contributed by atoms with Gasteiger partial charge in [0, 0.05) is 10.8 Å². The van der Waals surface area contributed by atoms with Crippen LogP contribution in [0.1, 0.15) is 30.3 Å². The number of esters is 1. The maximum Gasteiger partial charge on any atom is 0.360 e. The van der Waals surface area contributed by atoms with Crippen molar-refractivity contribution in [3.8, 4) is 23.1 Å². The summed E-state index contributed by atoms with van der Waals surface area (Å²) in [6.45, 7) is 2.28. The number of nitrogens with zero attached hydrogens (tertiary/aromatic N) is 1. The van der Waals surface area contributed by atoms with E-state index in [1.54, 1.807) is 49.6 Å². The summed E-state index contributed by atoms with van der Waals surface area (Å²) in [6, 6.07) is 14.1. The zero-order valence-electron chi connectivity index (χ0n) is 15.3. The monoisotopic (exact) mass is 367 g/mol. The maximum atomic E-state index is 12.4. The number of benzene rings is 2. The summed E-state index contributed by atoms with van der Waals surface area (Å²) in [4.78, 5) is 16.6. The number of fused-ring (bicyclic) bond motifs is 1. The molecular weight excluding hydrogens is 346 g/mol. The van der Waals surface area contributed by atoms with Crippen LogP contribution in [0.15, 0.2) is 48.5 Å². The molecule has 0 aliphatic rings. The molecule has 3 aromatic rings. The van der Waals surface area contributed by atoms with Crippen LogP contribution in [0.4, 0.5) is 0 Å². The molecule has 0 unspecified atom stereocenters. The van der Waals surface area contributed by atoms with Crippen LogP contribution < -0.4 is 9.47 Å². The average Bonchev–Trinajstić information content (AvgIpc) is 2.71. The van der Waals surface area contributed by atoms with Crippen LogP contribution in [0.5, 0.6) is 23.1 Å². The van der Waals surface area contributed by atoms with Crippen LogP contribution in [0.25, 0.3) is 10.8 Å². The number of aromatic nitrogens is 1. The number of methoxy groups -OCH3 is 1. The Bertz CT molecular complexity index is 937. The average molecular weight is 367 g/mol. The van der Waals surface area contributed by atoms with Crippen LogP contribution >= 0.6 is 0 Å². The van der Waals surface area contributed by atoms with Gasteiger partial charge in [0.05, 0.1) is 13.7 Å². The molecule has 27 heavy (non-hydrogen) atoms. The Morgan fingerprint density at radius 1 is 1.04 bits per heavy atom. The van der Waals surface area contributed by atoms with E-state index in [2.05, 4.69) is 4.98 Å². The Labute approximate surface area is 157 Å². The molecule has 0 spiro atoms. The summed E-state index contributed by atoms with van der Waals surface area (Å²) in [7, 11) is 1.58. The molecule has 0 saturated heterocycles. The van der Waals surface area contributed by atoms with Crippen LogP contribution in [-0.4, -0.2) is 29.8 Å². The highest BCUT2D eigenvalue weighted by Gasteiger charge is 2.21. The summed E-state index contributed by atoms with van der Waals surface area (Å²) in [5, 5.41) is 11.6. The molecule has 0 atom stereocenters. The van der Waals surface area contributed by atoms with Gasteiger partial charge in [-0.15, -0.1) is 0 Å². The highest BCUT2D eigenvalue weighted by atomic mass is 16.5. The highest BCUT2D eigenvalue weighted by molar-refractivity contribution is 6.01. The number of carbonyl (C=O) groups excluding carboxylic acids is 1. The molecule has 3 rings (SSSR count). The molecule has 0 aliphatic carbocycles. The highest BCUT2D eigenvalue weighted by Crippen LogP contribution is 2.36. The topological polar surface area (TPSA) is 77.9 Å². The largest absolute Gasteiger partial charge is 0.505 e. The van der Waals surface area contributed by atoms with Gasteiger partial charge >= 0.3 is 5.97 Å². The Morgan fingerprint density at radius 3 is 2.37 bits per heavy atom. The molecule has 0 fully saturated rings. The van der Waals surface area contributed by atoms with Gasteiger partial charge in [-0.25, -0.2) is 9.78 Å². The third-order valence-corrected chi connectivity index (χ3v) is 4.05. The predicted octanol–water partition coefficient (Wildman–Crippen LogP) is 4.70. The summed E-state index contributed by atoms with van der Waals surface area (Å²) in [5.74, 6) is 0.562. The van der Waals surface area contributed by atoms with E-state index in [0.717, 1.165) is 12.8 Å². The quantitative estimate of drug-likeness (QED) is 0.482. The zero-order chi connectivity index (χ0) is 19.2. The van der Waals surface area contributed by atoms with E-state index in [4.69, 9.17) is 14.2 Å². The lowest BCUT2D eigenvalue weighted by Crippen LogP contribution is -2.10. The number of pyridine rings is 1. The number of ether oxygens (including phenoxy) is 3. The van der Waals surface area contributed by atoms with Crippen molar-refractivity contribution in [2.45, 2.75) is 19.8 Å². The first-order valence-corrected chi connectivity index (χ1v) is 8.74. The molecule has 0 radical (unpaired) electrons. The normalized spacial score (nSPS) is 10.6. The second kappa shape index (κ2) is 8.40. The fourth-order valence-electron chi connectivity index (χ4n) is 2.57. The van der Waals surface area contributed by atoms with Gasteiger partial charge in [-0.2, -0.15) is 0 Å². The summed E-state index contributed by atoms with van der Waals surface area (Å²) in [6.07, 6.45) is 1.64. The Kier molecular flexibility index (Phi) is 5.76. The molecular formula is C21H21NO5. The van der Waals surface area contributed by atoms with E-state index >= 15 is 0 Å². The van der Waals surface area contributed by atoms with Crippen molar-refractivity contribution >= 4 is 16.7 Å². The van der Waals surface area contributed by atoms with E-state index in [0.29, 0.717) is 22.3 Å². The smallest absolute Gasteiger partial charge is 0.360 e. The first-order valence-electron chi connectivity index (χ1n) is 8.74. The molecule has 1 heterocycles. The van der Waals surface area contributed by atoms with Gasteiger partial charge in [0.15, 0.2) is 11.4 Å². The molecule has 0 aliphatic heterocycles. The Hall–Kier alpha value is -3.28. The Morgan fingerprint density at radius 2 is 1.70 bits per heavy atom. The number of hydrogen-bond acceptors (Lipinski definition) is 6. The van der Waals surface area contributed by atoms with Crippen molar-refractivity contribution in [1.29, 1.82) is 0 Å². The third-order valence-electron chi connectivity index (χ3n) is 4.05. The lowest BCUT2D eigenvalue weighted by Gasteiger charge is -2.12. The first kappa shape index (κ1) is 18.5. The zero-order valence-corrected chi connectivity index (χ0v) is 15.3. The van der Waals surface area contributed by atoms with Crippen molar-refractivity contribution in [2.24, 2.45) is 0 Å². The van der Waals surface area contributed by atoms with Crippen molar-refractivity contribution < 1.29 is 24.1 Å². The minimum Gasteiger partial charge on any atom is -0.505 e. The number of carbonyl (C=O) groups is 1. The summed E-state index contributed by atoms with van der Waals surface area (Å²) < 4.78 is 16.2. The minimum absolute atomic E-state index is 0.159. The standard InChI is InChI=1S/C21H21NO5/c1-3-4-13-26-21(24)18-19(23)16-7-5-6-8-17(16)20(22-18)27-15-11-9-14(25-2)10-12-15/h5-12,23H,3-4,13H2,1-2H3. The van der Waals surface area contributed by atoms with Gasteiger partial charge < -0.3 is 19.3 Å². The van der Waals surface area contributed by atoms with E-state index in [1.807, 2.05) is 13.0 Å². The van der Waals surface area contributed by atoms with Crippen LogP contribution in [0, 0.1) is 0 Å². The van der Waals surface area contributed by atoms with Gasteiger partial charge in [0.1, 0.15) is 11.5 Å². The van der Waals surface area contributed by atoms with Gasteiger partial charge in [-0.05, 0) is 36.8 Å². The van der Waals surface area contributed by atoms with Crippen LogP contribution in [0.2, 0.25) is 0 Å². The van der Waals surface area contributed by atoms with Gasteiger partial charge in [0.25, 0.3) is 0 Å². The van der Waals surface area contributed by atoms with E-state index < -0.39 is 5.97 Å². The second-order valence-electron chi connectivity index (χ2n) is 5.93. The summed E-state index contributed by atoms with van der Waals surface area (Å²) >= 11 is 0. The van der Waals surface area contributed by atoms with Gasteiger partial charge in [-0.3, -0.25) is 0 Å². The van der Waals surface area contributed by atoms with Crippen molar-refractivity contribution in [1.82, 2.24) is 4.98 Å². The van der Waals surface area contributed by atoms with Crippen molar-refractivity contribution in [3.63, 3.8) is 0 Å². The molecule has 1 N–H and O–H groups in total. The minimum atomic E-state index is -0.675. The van der Waals surface area contributed by atoms with E-state index in [-0.39, 0.29) is 23.9 Å². The molecule has 6 heteroatoms. The predicted molar refractivity (Wildman–Crippen MR) is 102 cm³/mol. The number of rotatable bonds is 7. The lowest BCUT2D eigenvalue weighted by atomic mass is 10.1. The van der Waals surface area contributed by atoms with Gasteiger partial charge in [0.2, 0.25) is 5.88 Å². The number of unbranched alkanes of at least 4 members (excludes halogenated alkanes) is 1. The molecule has 6 nitrogen and oxygen atoms in total. The SMILES string of the molecule is CCCCOC(=O)c1nc(Oc2ccc(OC)cc2)c2ccccc2c1O. The van der Waals surface area contributed by atoms with Gasteiger partial charge in [-0.1, -0.05) is 31.5 Å². The summed E-state index contributed by atoms with van der Waals surface area (Å²) in [5.41, 5.74) is -0.159. The molecule has 2 aromatic carbocycles. The van der Waals surface area contributed by atoms with E-state index in [9.17, 15) is 9.90 Å².